The van der Waals surface area contributed by atoms with Gasteiger partial charge in [-0.25, -0.2) is 4.98 Å². The third-order valence-corrected chi connectivity index (χ3v) is 5.36. The molecule has 1 aliphatic heterocycles. The van der Waals surface area contributed by atoms with E-state index in [9.17, 15) is 4.79 Å². The van der Waals surface area contributed by atoms with E-state index in [1.165, 1.54) is 10.8 Å². The van der Waals surface area contributed by atoms with Crippen molar-refractivity contribution in [3.63, 3.8) is 0 Å². The van der Waals surface area contributed by atoms with Gasteiger partial charge in [-0.2, -0.15) is 9.50 Å². The number of ether oxygens (including phenoxy) is 2. The van der Waals surface area contributed by atoms with Crippen LogP contribution < -0.4 is 15.0 Å². The molecule has 0 bridgehead atoms. The summed E-state index contributed by atoms with van der Waals surface area (Å²) in [6.45, 7) is 1.03. The summed E-state index contributed by atoms with van der Waals surface area (Å²) in [6.07, 6.45) is 3.22. The van der Waals surface area contributed by atoms with E-state index in [0.717, 1.165) is 5.56 Å². The molecule has 152 valence electrons. The number of aromatic nitrogens is 5. The van der Waals surface area contributed by atoms with Crippen molar-refractivity contribution in [2.24, 2.45) is 0 Å². The fourth-order valence-electron chi connectivity index (χ4n) is 3.65. The van der Waals surface area contributed by atoms with Gasteiger partial charge < -0.3 is 9.47 Å². The van der Waals surface area contributed by atoms with Crippen molar-refractivity contribution in [3.05, 3.63) is 76.3 Å². The molecule has 9 heteroatoms. The number of benzene rings is 2. The van der Waals surface area contributed by atoms with Crippen molar-refractivity contribution in [1.29, 1.82) is 0 Å². The van der Waals surface area contributed by atoms with Gasteiger partial charge in [-0.1, -0.05) is 17.7 Å². The van der Waals surface area contributed by atoms with Crippen LogP contribution in [0.15, 0.2) is 65.7 Å². The highest BCUT2D eigenvalue weighted by Crippen LogP contribution is 2.33. The predicted molar refractivity (Wildman–Crippen MR) is 115 cm³/mol. The van der Waals surface area contributed by atoms with Gasteiger partial charge >= 0.3 is 0 Å². The molecule has 0 atom stereocenters. The largest absolute Gasteiger partial charge is 0.486 e. The first-order chi connectivity index (χ1) is 15.2. The Balaban J connectivity index is 1.50. The second-order valence-corrected chi connectivity index (χ2v) is 7.47. The number of hydrogen-bond donors (Lipinski definition) is 0. The Hall–Kier alpha value is -3.91. The Bertz CT molecular complexity index is 1540. The molecule has 3 aromatic heterocycles. The first kappa shape index (κ1) is 17.9. The molecular weight excluding hydrogens is 418 g/mol. The van der Waals surface area contributed by atoms with E-state index in [2.05, 4.69) is 15.1 Å². The van der Waals surface area contributed by atoms with E-state index in [-0.39, 0.29) is 5.56 Å². The summed E-state index contributed by atoms with van der Waals surface area (Å²) in [6, 6.07) is 14.5. The van der Waals surface area contributed by atoms with Crippen molar-refractivity contribution in [2.75, 3.05) is 13.2 Å². The van der Waals surface area contributed by atoms with Crippen LogP contribution in [0, 0.1) is 0 Å². The first-order valence-corrected chi connectivity index (χ1v) is 9.98. The van der Waals surface area contributed by atoms with Gasteiger partial charge in [-0.15, -0.1) is 5.10 Å². The number of rotatable bonds is 2. The van der Waals surface area contributed by atoms with E-state index >= 15 is 0 Å². The van der Waals surface area contributed by atoms with Gasteiger partial charge in [0.25, 0.3) is 11.3 Å². The van der Waals surface area contributed by atoms with Gasteiger partial charge in [-0.05, 0) is 42.5 Å². The Morgan fingerprint density at radius 2 is 1.87 bits per heavy atom. The monoisotopic (exact) mass is 431 g/mol. The summed E-state index contributed by atoms with van der Waals surface area (Å²) in [5.74, 6) is 2.24. The summed E-state index contributed by atoms with van der Waals surface area (Å²) in [7, 11) is 0. The Morgan fingerprint density at radius 1 is 1.00 bits per heavy atom. The minimum atomic E-state index is -0.217. The summed E-state index contributed by atoms with van der Waals surface area (Å²) in [4.78, 5) is 22.0. The zero-order chi connectivity index (χ0) is 20.9. The molecule has 0 saturated carbocycles. The lowest BCUT2D eigenvalue weighted by Gasteiger charge is -2.18. The van der Waals surface area contributed by atoms with Crippen LogP contribution in [0.25, 0.3) is 33.8 Å². The second kappa shape index (κ2) is 6.82. The number of pyridine rings is 1. The van der Waals surface area contributed by atoms with Gasteiger partial charge in [0.15, 0.2) is 17.3 Å². The van der Waals surface area contributed by atoms with E-state index in [1.807, 2.05) is 30.3 Å². The SMILES string of the molecule is O=c1c2cnc3nc(-c4ccc5c(c4)OCCO5)nn3c2ccn1-c1cccc(Cl)c1. The minimum Gasteiger partial charge on any atom is -0.486 e. The topological polar surface area (TPSA) is 83.5 Å². The van der Waals surface area contributed by atoms with E-state index in [0.29, 0.717) is 57.9 Å². The van der Waals surface area contributed by atoms with Crippen LogP contribution in [-0.2, 0) is 0 Å². The zero-order valence-electron chi connectivity index (χ0n) is 16.0. The van der Waals surface area contributed by atoms with Crippen LogP contribution in [-0.4, -0.2) is 37.4 Å². The molecule has 2 aromatic carbocycles. The molecule has 0 saturated heterocycles. The number of hydrogen-bond acceptors (Lipinski definition) is 6. The lowest BCUT2D eigenvalue weighted by molar-refractivity contribution is 0.171. The normalized spacial score (nSPS) is 13.1. The van der Waals surface area contributed by atoms with E-state index in [4.69, 9.17) is 21.1 Å². The maximum Gasteiger partial charge on any atom is 0.266 e. The summed E-state index contributed by atoms with van der Waals surface area (Å²) < 4.78 is 14.3. The van der Waals surface area contributed by atoms with Crippen LogP contribution in [0.3, 0.4) is 0 Å². The predicted octanol–water partition coefficient (Wildman–Crippen LogP) is 3.52. The summed E-state index contributed by atoms with van der Waals surface area (Å²) in [5, 5.41) is 5.57. The summed E-state index contributed by atoms with van der Waals surface area (Å²) >= 11 is 6.08. The lowest BCUT2D eigenvalue weighted by atomic mass is 10.2. The van der Waals surface area contributed by atoms with Gasteiger partial charge in [0.05, 0.1) is 16.6 Å². The molecule has 1 aliphatic rings. The highest BCUT2D eigenvalue weighted by molar-refractivity contribution is 6.30. The van der Waals surface area contributed by atoms with Crippen LogP contribution in [0.2, 0.25) is 5.02 Å². The van der Waals surface area contributed by atoms with Crippen LogP contribution in [0.1, 0.15) is 0 Å². The molecule has 0 fully saturated rings. The molecule has 31 heavy (non-hydrogen) atoms. The van der Waals surface area contributed by atoms with Crippen molar-refractivity contribution >= 4 is 28.3 Å². The number of halogens is 1. The molecule has 0 radical (unpaired) electrons. The van der Waals surface area contributed by atoms with Crippen molar-refractivity contribution in [3.8, 4) is 28.6 Å². The standard InChI is InChI=1S/C22H14ClN5O3/c23-14-2-1-3-15(11-14)27-7-6-17-16(21(27)29)12-24-22-25-20(26-28(17)22)13-4-5-18-19(10-13)31-9-8-30-18/h1-7,10-12H,8-9H2. The highest BCUT2D eigenvalue weighted by atomic mass is 35.5. The smallest absolute Gasteiger partial charge is 0.266 e. The Morgan fingerprint density at radius 3 is 2.74 bits per heavy atom. The first-order valence-electron chi connectivity index (χ1n) is 9.60. The number of nitrogens with zero attached hydrogens (tertiary/aromatic N) is 5. The Kier molecular flexibility index (Phi) is 3.94. The third kappa shape index (κ3) is 2.91. The minimum absolute atomic E-state index is 0.217. The molecule has 0 unspecified atom stereocenters. The maximum atomic E-state index is 13.1. The maximum absolute atomic E-state index is 13.1. The fourth-order valence-corrected chi connectivity index (χ4v) is 3.84. The molecule has 6 rings (SSSR count). The van der Waals surface area contributed by atoms with Crippen molar-refractivity contribution in [2.45, 2.75) is 0 Å². The molecule has 0 amide bonds. The summed E-state index contributed by atoms with van der Waals surface area (Å²) in [5.41, 5.74) is 1.85. The molecule has 5 aromatic rings. The lowest BCUT2D eigenvalue weighted by Crippen LogP contribution is -2.18. The third-order valence-electron chi connectivity index (χ3n) is 5.12. The van der Waals surface area contributed by atoms with Gasteiger partial charge in [0.2, 0.25) is 0 Å². The van der Waals surface area contributed by atoms with Gasteiger partial charge in [0, 0.05) is 23.0 Å². The molecule has 8 nitrogen and oxygen atoms in total. The van der Waals surface area contributed by atoms with Crippen LogP contribution in [0.4, 0.5) is 0 Å². The van der Waals surface area contributed by atoms with Crippen LogP contribution in [0.5, 0.6) is 11.5 Å². The van der Waals surface area contributed by atoms with Gasteiger partial charge in [-0.3, -0.25) is 9.36 Å². The zero-order valence-corrected chi connectivity index (χ0v) is 16.8. The fraction of sp³-hybridized carbons (Fsp3) is 0.0909. The number of fused-ring (bicyclic) bond motifs is 4. The highest BCUT2D eigenvalue weighted by Gasteiger charge is 2.17. The molecule has 0 spiro atoms. The van der Waals surface area contributed by atoms with Crippen molar-refractivity contribution < 1.29 is 9.47 Å². The van der Waals surface area contributed by atoms with Crippen LogP contribution >= 0.6 is 11.6 Å². The molecule has 4 heterocycles. The van der Waals surface area contributed by atoms with E-state index < -0.39 is 0 Å². The Labute approximate surface area is 180 Å². The second-order valence-electron chi connectivity index (χ2n) is 7.03. The quantitative estimate of drug-likeness (QED) is 0.425. The molecule has 0 N–H and O–H groups in total. The molecule has 0 aliphatic carbocycles. The van der Waals surface area contributed by atoms with Crippen molar-refractivity contribution in [1.82, 2.24) is 24.1 Å². The average Bonchev–Trinajstić information content (AvgIpc) is 3.24. The van der Waals surface area contributed by atoms with Gasteiger partial charge in [0.1, 0.15) is 13.2 Å². The molecular formula is C22H14ClN5O3. The average molecular weight is 432 g/mol. The van der Waals surface area contributed by atoms with E-state index in [1.54, 1.807) is 28.9 Å².